The van der Waals surface area contributed by atoms with Gasteiger partial charge in [-0.1, -0.05) is 0 Å². The van der Waals surface area contributed by atoms with Crippen molar-refractivity contribution in [3.8, 4) is 0 Å². The SMILES string of the molecule is Cc1nc(Nc2cc(Br)c(F)cc2F)ccc1Br. The standard InChI is InChI=1S/C12H8Br2F2N2/c1-6-7(13)2-3-12(17-6)18-11-4-8(14)9(15)5-10(11)16/h2-5H,1H3,(H,17,18). The second-order valence-corrected chi connectivity index (χ2v) is 5.34. The zero-order valence-electron chi connectivity index (χ0n) is 9.27. The lowest BCUT2D eigenvalue weighted by Crippen LogP contribution is -1.98. The van der Waals surface area contributed by atoms with Gasteiger partial charge in [-0.15, -0.1) is 0 Å². The number of rotatable bonds is 2. The molecule has 1 N–H and O–H groups in total. The van der Waals surface area contributed by atoms with E-state index in [-0.39, 0.29) is 10.2 Å². The first kappa shape index (κ1) is 13.4. The molecule has 6 heteroatoms. The maximum absolute atomic E-state index is 13.5. The van der Waals surface area contributed by atoms with Crippen LogP contribution < -0.4 is 5.32 Å². The van der Waals surface area contributed by atoms with E-state index in [2.05, 4.69) is 42.2 Å². The third-order valence-electron chi connectivity index (χ3n) is 2.29. The van der Waals surface area contributed by atoms with Crippen LogP contribution in [0.2, 0.25) is 0 Å². The van der Waals surface area contributed by atoms with Gasteiger partial charge < -0.3 is 5.32 Å². The van der Waals surface area contributed by atoms with Crippen LogP contribution >= 0.6 is 31.9 Å². The molecule has 1 aromatic carbocycles. The van der Waals surface area contributed by atoms with Crippen molar-refractivity contribution in [2.45, 2.75) is 6.92 Å². The Labute approximate surface area is 120 Å². The predicted molar refractivity (Wildman–Crippen MR) is 74.0 cm³/mol. The molecule has 0 radical (unpaired) electrons. The van der Waals surface area contributed by atoms with Crippen LogP contribution in [-0.4, -0.2) is 4.98 Å². The van der Waals surface area contributed by atoms with E-state index in [9.17, 15) is 8.78 Å². The third kappa shape index (κ3) is 2.87. The molecule has 2 nitrogen and oxygen atoms in total. The fraction of sp³-hybridized carbons (Fsp3) is 0.0833. The van der Waals surface area contributed by atoms with Gasteiger partial charge in [0, 0.05) is 10.5 Å². The number of hydrogen-bond acceptors (Lipinski definition) is 2. The van der Waals surface area contributed by atoms with Crippen LogP contribution in [-0.2, 0) is 0 Å². The highest BCUT2D eigenvalue weighted by Crippen LogP contribution is 2.26. The Morgan fingerprint density at radius 2 is 1.78 bits per heavy atom. The summed E-state index contributed by atoms with van der Waals surface area (Å²) in [6.45, 7) is 1.83. The van der Waals surface area contributed by atoms with E-state index in [4.69, 9.17) is 0 Å². The molecular weight excluding hydrogens is 370 g/mol. The second-order valence-electron chi connectivity index (χ2n) is 3.63. The van der Waals surface area contributed by atoms with E-state index in [1.807, 2.05) is 6.92 Å². The molecule has 0 aliphatic rings. The summed E-state index contributed by atoms with van der Waals surface area (Å²) in [5, 5.41) is 2.80. The van der Waals surface area contributed by atoms with Gasteiger partial charge in [0.25, 0.3) is 0 Å². The first-order chi connectivity index (χ1) is 8.47. The molecule has 0 aliphatic carbocycles. The van der Waals surface area contributed by atoms with Gasteiger partial charge in [0.05, 0.1) is 15.9 Å². The molecular formula is C12H8Br2F2N2. The highest BCUT2D eigenvalue weighted by atomic mass is 79.9. The monoisotopic (exact) mass is 376 g/mol. The molecule has 0 amide bonds. The summed E-state index contributed by atoms with van der Waals surface area (Å²) in [5.41, 5.74) is 0.944. The first-order valence-electron chi connectivity index (χ1n) is 5.02. The minimum absolute atomic E-state index is 0.164. The molecule has 0 unspecified atom stereocenters. The van der Waals surface area contributed by atoms with Crippen LogP contribution in [0.25, 0.3) is 0 Å². The molecule has 1 aromatic heterocycles. The van der Waals surface area contributed by atoms with Crippen molar-refractivity contribution in [1.29, 1.82) is 0 Å². The van der Waals surface area contributed by atoms with Crippen LogP contribution in [0.3, 0.4) is 0 Å². The van der Waals surface area contributed by atoms with Gasteiger partial charge in [0.1, 0.15) is 17.5 Å². The highest BCUT2D eigenvalue weighted by molar-refractivity contribution is 9.10. The maximum atomic E-state index is 13.5. The first-order valence-corrected chi connectivity index (χ1v) is 6.60. The second kappa shape index (κ2) is 5.32. The number of halogens is 4. The number of aryl methyl sites for hydroxylation is 1. The van der Waals surface area contributed by atoms with E-state index in [1.165, 1.54) is 6.07 Å². The highest BCUT2D eigenvalue weighted by Gasteiger charge is 2.09. The average molecular weight is 378 g/mol. The smallest absolute Gasteiger partial charge is 0.149 e. The summed E-state index contributed by atoms with van der Waals surface area (Å²) in [4.78, 5) is 4.23. The van der Waals surface area contributed by atoms with Crippen LogP contribution in [0.15, 0.2) is 33.2 Å². The summed E-state index contributed by atoms with van der Waals surface area (Å²) in [5.74, 6) is -0.816. The van der Waals surface area contributed by atoms with Crippen molar-refractivity contribution in [1.82, 2.24) is 4.98 Å². The molecule has 0 saturated carbocycles. The molecule has 0 spiro atoms. The Hall–Kier alpha value is -1.01. The zero-order chi connectivity index (χ0) is 13.3. The molecule has 0 saturated heterocycles. The predicted octanol–water partition coefficient (Wildman–Crippen LogP) is 4.94. The van der Waals surface area contributed by atoms with E-state index >= 15 is 0 Å². The van der Waals surface area contributed by atoms with Gasteiger partial charge in [-0.05, 0) is 57.0 Å². The fourth-order valence-electron chi connectivity index (χ4n) is 1.37. The number of nitrogens with zero attached hydrogens (tertiary/aromatic N) is 1. The van der Waals surface area contributed by atoms with E-state index in [0.29, 0.717) is 5.82 Å². The number of anilines is 2. The minimum Gasteiger partial charge on any atom is -0.338 e. The molecule has 0 bridgehead atoms. The van der Waals surface area contributed by atoms with Gasteiger partial charge in [-0.25, -0.2) is 13.8 Å². The summed E-state index contributed by atoms with van der Waals surface area (Å²) >= 11 is 6.34. The number of pyridine rings is 1. The van der Waals surface area contributed by atoms with Crippen molar-refractivity contribution in [3.63, 3.8) is 0 Å². The normalized spacial score (nSPS) is 10.5. The van der Waals surface area contributed by atoms with Gasteiger partial charge in [-0.3, -0.25) is 0 Å². The number of hydrogen-bond donors (Lipinski definition) is 1. The van der Waals surface area contributed by atoms with Gasteiger partial charge in [0.2, 0.25) is 0 Å². The quantitative estimate of drug-likeness (QED) is 0.750. The van der Waals surface area contributed by atoms with Crippen LogP contribution in [0, 0.1) is 18.6 Å². The molecule has 0 fully saturated rings. The van der Waals surface area contributed by atoms with Crippen LogP contribution in [0.5, 0.6) is 0 Å². The molecule has 94 valence electrons. The Balaban J connectivity index is 2.34. The lowest BCUT2D eigenvalue weighted by molar-refractivity contribution is 0.581. The molecule has 18 heavy (non-hydrogen) atoms. The van der Waals surface area contributed by atoms with Crippen molar-refractivity contribution in [2.75, 3.05) is 5.32 Å². The van der Waals surface area contributed by atoms with Crippen molar-refractivity contribution >= 4 is 43.4 Å². The minimum atomic E-state index is -0.668. The molecule has 0 atom stereocenters. The lowest BCUT2D eigenvalue weighted by atomic mass is 10.3. The molecule has 1 heterocycles. The van der Waals surface area contributed by atoms with E-state index < -0.39 is 11.6 Å². The molecule has 2 aromatic rings. The zero-order valence-corrected chi connectivity index (χ0v) is 12.4. The topological polar surface area (TPSA) is 24.9 Å². The molecule has 2 rings (SSSR count). The Kier molecular flexibility index (Phi) is 3.97. The maximum Gasteiger partial charge on any atom is 0.149 e. The van der Waals surface area contributed by atoms with Gasteiger partial charge in [0.15, 0.2) is 0 Å². The van der Waals surface area contributed by atoms with Crippen molar-refractivity contribution < 1.29 is 8.78 Å². The summed E-state index contributed by atoms with van der Waals surface area (Å²) in [6.07, 6.45) is 0. The lowest BCUT2D eigenvalue weighted by Gasteiger charge is -2.09. The van der Waals surface area contributed by atoms with Gasteiger partial charge in [-0.2, -0.15) is 0 Å². The summed E-state index contributed by atoms with van der Waals surface area (Å²) < 4.78 is 27.7. The fourth-order valence-corrected chi connectivity index (χ4v) is 1.93. The number of aromatic nitrogens is 1. The average Bonchev–Trinajstić information content (AvgIpc) is 2.31. The van der Waals surface area contributed by atoms with Gasteiger partial charge >= 0.3 is 0 Å². The van der Waals surface area contributed by atoms with E-state index in [1.54, 1.807) is 12.1 Å². The third-order valence-corrected chi connectivity index (χ3v) is 3.74. The Bertz CT molecular complexity index is 603. The number of benzene rings is 1. The number of nitrogens with one attached hydrogen (secondary N) is 1. The van der Waals surface area contributed by atoms with E-state index in [0.717, 1.165) is 16.2 Å². The van der Waals surface area contributed by atoms with Crippen molar-refractivity contribution in [3.05, 3.63) is 50.5 Å². The Morgan fingerprint density at radius 3 is 2.44 bits per heavy atom. The molecule has 0 aliphatic heterocycles. The van der Waals surface area contributed by atoms with Crippen LogP contribution in [0.4, 0.5) is 20.3 Å². The largest absolute Gasteiger partial charge is 0.338 e. The summed E-state index contributed by atoms with van der Waals surface area (Å²) in [6, 6.07) is 5.66. The van der Waals surface area contributed by atoms with Crippen LogP contribution in [0.1, 0.15) is 5.69 Å². The van der Waals surface area contributed by atoms with Crippen molar-refractivity contribution in [2.24, 2.45) is 0 Å². The Morgan fingerprint density at radius 1 is 1.06 bits per heavy atom. The summed E-state index contributed by atoms with van der Waals surface area (Å²) in [7, 11) is 0.